The van der Waals surface area contributed by atoms with E-state index in [-0.39, 0.29) is 22.9 Å². The van der Waals surface area contributed by atoms with Crippen molar-refractivity contribution in [3.63, 3.8) is 0 Å². The summed E-state index contributed by atoms with van der Waals surface area (Å²) < 4.78 is 27.2. The molecular weight excluding hydrogens is 338 g/mol. The van der Waals surface area contributed by atoms with Crippen LogP contribution in [0.15, 0.2) is 23.1 Å². The van der Waals surface area contributed by atoms with Gasteiger partial charge in [0.25, 0.3) is 0 Å². The first-order chi connectivity index (χ1) is 10.4. The van der Waals surface area contributed by atoms with Gasteiger partial charge in [0.1, 0.15) is 0 Å². The SMILES string of the molecule is Cc1ccc(S(=O)(=O)N2CCC3NCCC3C2)cc1C(N)=O.Cl. The van der Waals surface area contributed by atoms with Gasteiger partial charge in [0.15, 0.2) is 0 Å². The van der Waals surface area contributed by atoms with Gasteiger partial charge in [-0.15, -0.1) is 12.4 Å². The first-order valence-electron chi connectivity index (χ1n) is 7.53. The Labute approximate surface area is 142 Å². The minimum atomic E-state index is -3.58. The van der Waals surface area contributed by atoms with Crippen LogP contribution in [0.2, 0.25) is 0 Å². The fourth-order valence-corrected chi connectivity index (χ4v) is 4.95. The number of carbonyl (C=O) groups is 1. The number of nitrogens with one attached hydrogen (secondary N) is 1. The van der Waals surface area contributed by atoms with Gasteiger partial charge in [0.05, 0.1) is 4.90 Å². The molecule has 8 heteroatoms. The normalized spacial score (nSPS) is 24.7. The van der Waals surface area contributed by atoms with Gasteiger partial charge in [-0.05, 0) is 49.9 Å². The maximum Gasteiger partial charge on any atom is 0.249 e. The number of primary amides is 1. The van der Waals surface area contributed by atoms with E-state index in [9.17, 15) is 13.2 Å². The molecule has 0 aliphatic carbocycles. The Kier molecular flexibility index (Phi) is 5.35. The molecule has 0 saturated carbocycles. The van der Waals surface area contributed by atoms with Gasteiger partial charge in [-0.25, -0.2) is 8.42 Å². The number of halogens is 1. The third kappa shape index (κ3) is 3.38. The molecule has 1 aromatic rings. The van der Waals surface area contributed by atoms with E-state index < -0.39 is 15.9 Å². The molecule has 2 fully saturated rings. The van der Waals surface area contributed by atoms with Crippen LogP contribution >= 0.6 is 12.4 Å². The molecule has 2 heterocycles. The summed E-state index contributed by atoms with van der Waals surface area (Å²) in [6.45, 7) is 3.75. The maximum absolute atomic E-state index is 12.8. The van der Waals surface area contributed by atoms with Crippen LogP contribution in [0.3, 0.4) is 0 Å². The molecule has 128 valence electrons. The zero-order valence-corrected chi connectivity index (χ0v) is 14.6. The van der Waals surface area contributed by atoms with Crippen molar-refractivity contribution < 1.29 is 13.2 Å². The van der Waals surface area contributed by atoms with Crippen molar-refractivity contribution in [2.45, 2.75) is 30.7 Å². The van der Waals surface area contributed by atoms with E-state index >= 15 is 0 Å². The number of hydrogen-bond acceptors (Lipinski definition) is 4. The molecule has 1 aromatic carbocycles. The highest BCUT2D eigenvalue weighted by Crippen LogP contribution is 2.29. The molecule has 0 aromatic heterocycles. The van der Waals surface area contributed by atoms with Crippen LogP contribution < -0.4 is 11.1 Å². The lowest BCUT2D eigenvalue weighted by atomic mass is 9.95. The molecule has 3 rings (SSSR count). The van der Waals surface area contributed by atoms with Gasteiger partial charge in [-0.1, -0.05) is 6.07 Å². The predicted molar refractivity (Wildman–Crippen MR) is 90.2 cm³/mol. The first kappa shape index (κ1) is 18.2. The van der Waals surface area contributed by atoms with E-state index in [2.05, 4.69) is 5.32 Å². The van der Waals surface area contributed by atoms with Gasteiger partial charge in [0.2, 0.25) is 15.9 Å². The quantitative estimate of drug-likeness (QED) is 0.838. The largest absolute Gasteiger partial charge is 0.366 e. The van der Waals surface area contributed by atoms with Crippen LogP contribution in [-0.4, -0.2) is 44.3 Å². The number of sulfonamides is 1. The van der Waals surface area contributed by atoms with Crippen LogP contribution in [-0.2, 0) is 10.0 Å². The molecule has 2 aliphatic rings. The lowest BCUT2D eigenvalue weighted by molar-refractivity contribution is 0.0999. The summed E-state index contributed by atoms with van der Waals surface area (Å²) >= 11 is 0. The monoisotopic (exact) mass is 359 g/mol. The van der Waals surface area contributed by atoms with Gasteiger partial charge in [-0.2, -0.15) is 4.31 Å². The molecule has 6 nitrogen and oxygen atoms in total. The molecular formula is C15H22ClN3O3S. The van der Waals surface area contributed by atoms with Crippen molar-refractivity contribution in [1.29, 1.82) is 0 Å². The minimum absolute atomic E-state index is 0. The molecule has 23 heavy (non-hydrogen) atoms. The van der Waals surface area contributed by atoms with Crippen LogP contribution in [0.4, 0.5) is 0 Å². The Balaban J connectivity index is 0.00000192. The van der Waals surface area contributed by atoms with Gasteiger partial charge >= 0.3 is 0 Å². The summed E-state index contributed by atoms with van der Waals surface area (Å²) in [6.07, 6.45) is 1.84. The zero-order valence-electron chi connectivity index (χ0n) is 13.0. The van der Waals surface area contributed by atoms with Gasteiger partial charge in [0, 0.05) is 24.7 Å². The number of nitrogens with two attached hydrogens (primary N) is 1. The smallest absolute Gasteiger partial charge is 0.249 e. The number of hydrogen-bond donors (Lipinski definition) is 2. The highest BCUT2D eigenvalue weighted by atomic mass is 35.5. The fourth-order valence-electron chi connectivity index (χ4n) is 3.41. The predicted octanol–water partition coefficient (Wildman–Crippen LogP) is 0.888. The topological polar surface area (TPSA) is 92.5 Å². The molecule has 0 bridgehead atoms. The zero-order chi connectivity index (χ0) is 15.9. The number of piperidine rings is 1. The van der Waals surface area contributed by atoms with Crippen molar-refractivity contribution >= 4 is 28.3 Å². The molecule has 2 saturated heterocycles. The maximum atomic E-state index is 12.8. The highest BCUT2D eigenvalue weighted by Gasteiger charge is 2.37. The standard InChI is InChI=1S/C15H21N3O3S.ClH/c1-10-2-3-12(8-13(10)15(16)19)22(20,21)18-7-5-14-11(9-18)4-6-17-14;/h2-3,8,11,14,17H,4-7,9H2,1H3,(H2,16,19);1H. The number of nitrogens with zero attached hydrogens (tertiary/aromatic N) is 1. The lowest BCUT2D eigenvalue weighted by Crippen LogP contribution is -2.46. The number of benzene rings is 1. The Morgan fingerprint density at radius 1 is 1.35 bits per heavy atom. The third-order valence-corrected chi connectivity index (χ3v) is 6.59. The van der Waals surface area contributed by atoms with Gasteiger partial charge in [-0.3, -0.25) is 4.79 Å². The molecule has 0 radical (unpaired) electrons. The van der Waals surface area contributed by atoms with Crippen molar-refractivity contribution in [1.82, 2.24) is 9.62 Å². The van der Waals surface area contributed by atoms with Crippen LogP contribution in [0.25, 0.3) is 0 Å². The van der Waals surface area contributed by atoms with Crippen molar-refractivity contribution in [3.05, 3.63) is 29.3 Å². The highest BCUT2D eigenvalue weighted by molar-refractivity contribution is 7.89. The van der Waals surface area contributed by atoms with E-state index in [1.54, 1.807) is 19.1 Å². The second-order valence-electron chi connectivity index (χ2n) is 6.10. The van der Waals surface area contributed by atoms with Crippen LogP contribution in [0.1, 0.15) is 28.8 Å². The Morgan fingerprint density at radius 3 is 2.78 bits per heavy atom. The summed E-state index contributed by atoms with van der Waals surface area (Å²) in [5, 5.41) is 3.42. The molecule has 0 spiro atoms. The fraction of sp³-hybridized carbons (Fsp3) is 0.533. The molecule has 2 atom stereocenters. The first-order valence-corrected chi connectivity index (χ1v) is 8.97. The number of rotatable bonds is 3. The van der Waals surface area contributed by atoms with Crippen molar-refractivity contribution in [3.8, 4) is 0 Å². The Hall–Kier alpha value is -1.15. The number of carbonyl (C=O) groups excluding carboxylic acids is 1. The van der Waals surface area contributed by atoms with E-state index in [1.165, 1.54) is 10.4 Å². The lowest BCUT2D eigenvalue weighted by Gasteiger charge is -2.34. The average molecular weight is 360 g/mol. The average Bonchev–Trinajstić information content (AvgIpc) is 2.94. The summed E-state index contributed by atoms with van der Waals surface area (Å²) in [6, 6.07) is 5.02. The van der Waals surface area contributed by atoms with Crippen LogP contribution in [0.5, 0.6) is 0 Å². The number of aryl methyl sites for hydroxylation is 1. The summed E-state index contributed by atoms with van der Waals surface area (Å²) in [5.41, 5.74) is 6.27. The Bertz CT molecular complexity index is 708. The Morgan fingerprint density at radius 2 is 2.09 bits per heavy atom. The van der Waals surface area contributed by atoms with E-state index in [1.807, 2.05) is 0 Å². The summed E-state index contributed by atoms with van der Waals surface area (Å²) in [4.78, 5) is 11.6. The molecule has 2 unspecified atom stereocenters. The van der Waals surface area contributed by atoms with E-state index in [4.69, 9.17) is 5.73 Å². The molecule has 3 N–H and O–H groups in total. The van der Waals surface area contributed by atoms with Crippen molar-refractivity contribution in [2.24, 2.45) is 11.7 Å². The second kappa shape index (κ2) is 6.76. The van der Waals surface area contributed by atoms with E-state index in [0.29, 0.717) is 30.6 Å². The van der Waals surface area contributed by atoms with Crippen LogP contribution in [0, 0.1) is 12.8 Å². The summed E-state index contributed by atoms with van der Waals surface area (Å²) in [5.74, 6) is -0.224. The minimum Gasteiger partial charge on any atom is -0.366 e. The van der Waals surface area contributed by atoms with Crippen molar-refractivity contribution in [2.75, 3.05) is 19.6 Å². The third-order valence-electron chi connectivity index (χ3n) is 4.73. The number of amides is 1. The molecule has 2 aliphatic heterocycles. The summed E-state index contributed by atoms with van der Waals surface area (Å²) in [7, 11) is -3.58. The van der Waals surface area contributed by atoms with Gasteiger partial charge < -0.3 is 11.1 Å². The number of fused-ring (bicyclic) bond motifs is 1. The van der Waals surface area contributed by atoms with E-state index in [0.717, 1.165) is 19.4 Å². The second-order valence-corrected chi connectivity index (χ2v) is 8.04. The molecule has 1 amide bonds.